The summed E-state index contributed by atoms with van der Waals surface area (Å²) in [6.45, 7) is 7.68. The van der Waals surface area contributed by atoms with Crippen LogP contribution in [0, 0.1) is 13.8 Å². The number of fused-ring (bicyclic) bond motifs is 1. The number of aromatic nitrogens is 1. The third-order valence-corrected chi connectivity index (χ3v) is 6.78. The number of para-hydroxylation sites is 1. The fourth-order valence-electron chi connectivity index (χ4n) is 3.86. The fraction of sp³-hybridized carbons (Fsp3) is 0.417. The molecule has 4 nitrogen and oxygen atoms in total. The van der Waals surface area contributed by atoms with Crippen molar-refractivity contribution < 1.29 is 9.53 Å². The quantitative estimate of drug-likeness (QED) is 0.561. The van der Waals surface area contributed by atoms with Crippen LogP contribution in [0.2, 0.25) is 0 Å². The molecule has 152 valence electrons. The molecular formula is C24H28N2O2S. The Morgan fingerprint density at radius 1 is 1.24 bits per heavy atom. The van der Waals surface area contributed by atoms with Crippen molar-refractivity contribution in [2.75, 3.05) is 18.1 Å². The number of carbonyl (C=O) groups excluding carboxylic acids is 1. The van der Waals surface area contributed by atoms with Gasteiger partial charge in [-0.15, -0.1) is 0 Å². The van der Waals surface area contributed by atoms with E-state index in [1.165, 1.54) is 16.7 Å². The lowest BCUT2D eigenvalue weighted by atomic mass is 10.0. The predicted octanol–water partition coefficient (Wildman–Crippen LogP) is 5.23. The van der Waals surface area contributed by atoms with Crippen molar-refractivity contribution in [1.29, 1.82) is 0 Å². The lowest BCUT2D eigenvalue weighted by Crippen LogP contribution is -2.38. The van der Waals surface area contributed by atoms with Gasteiger partial charge in [0.2, 0.25) is 5.91 Å². The normalized spacial score (nSPS) is 16.4. The molecule has 1 fully saturated rings. The number of nitrogens with zero attached hydrogens (tertiary/aromatic N) is 2. The van der Waals surface area contributed by atoms with Crippen LogP contribution in [0.5, 0.6) is 0 Å². The minimum absolute atomic E-state index is 0.0841. The van der Waals surface area contributed by atoms with Gasteiger partial charge < -0.3 is 4.74 Å². The number of amides is 1. The summed E-state index contributed by atoms with van der Waals surface area (Å²) in [6.07, 6.45) is 3.46. The molecule has 4 rings (SSSR count). The summed E-state index contributed by atoms with van der Waals surface area (Å²) in [5.74, 6) is 0.0841. The van der Waals surface area contributed by atoms with Crippen molar-refractivity contribution in [2.45, 2.75) is 52.6 Å². The highest BCUT2D eigenvalue weighted by atomic mass is 32.1. The fourth-order valence-corrected chi connectivity index (χ4v) is 4.90. The van der Waals surface area contributed by atoms with E-state index in [2.05, 4.69) is 57.2 Å². The summed E-state index contributed by atoms with van der Waals surface area (Å²) in [4.78, 5) is 20.1. The maximum absolute atomic E-state index is 13.4. The van der Waals surface area contributed by atoms with Crippen LogP contribution in [-0.2, 0) is 22.4 Å². The van der Waals surface area contributed by atoms with Crippen LogP contribution in [0.3, 0.4) is 0 Å². The molecule has 1 saturated heterocycles. The van der Waals surface area contributed by atoms with Crippen LogP contribution in [0.4, 0.5) is 5.13 Å². The molecular weight excluding hydrogens is 380 g/mol. The number of hydrogen-bond acceptors (Lipinski definition) is 4. The Kier molecular flexibility index (Phi) is 5.97. The Hall–Kier alpha value is -2.24. The smallest absolute Gasteiger partial charge is 0.233 e. The molecule has 1 aliphatic heterocycles. The molecule has 2 heterocycles. The molecule has 1 aliphatic rings. The molecule has 2 aromatic carbocycles. The zero-order chi connectivity index (χ0) is 20.4. The van der Waals surface area contributed by atoms with E-state index in [-0.39, 0.29) is 12.0 Å². The lowest BCUT2D eigenvalue weighted by molar-refractivity contribution is -0.118. The van der Waals surface area contributed by atoms with Crippen LogP contribution in [0.15, 0.2) is 36.4 Å². The van der Waals surface area contributed by atoms with Crippen molar-refractivity contribution in [3.63, 3.8) is 0 Å². The van der Waals surface area contributed by atoms with Gasteiger partial charge in [-0.3, -0.25) is 9.69 Å². The van der Waals surface area contributed by atoms with Gasteiger partial charge in [0.05, 0.1) is 29.3 Å². The molecule has 0 aliphatic carbocycles. The zero-order valence-corrected chi connectivity index (χ0v) is 18.2. The van der Waals surface area contributed by atoms with Crippen LogP contribution in [0.1, 0.15) is 42.0 Å². The Balaban J connectivity index is 1.65. The van der Waals surface area contributed by atoms with Crippen LogP contribution >= 0.6 is 11.3 Å². The molecule has 0 spiro atoms. The van der Waals surface area contributed by atoms with Gasteiger partial charge in [0, 0.05) is 6.61 Å². The summed E-state index contributed by atoms with van der Waals surface area (Å²) in [6, 6.07) is 12.5. The summed E-state index contributed by atoms with van der Waals surface area (Å²) < 4.78 is 6.98. The molecule has 29 heavy (non-hydrogen) atoms. The Labute approximate surface area is 176 Å². The van der Waals surface area contributed by atoms with Gasteiger partial charge in [0.25, 0.3) is 0 Å². The lowest BCUT2D eigenvalue weighted by Gasteiger charge is -2.23. The highest BCUT2D eigenvalue weighted by Gasteiger charge is 2.26. The Morgan fingerprint density at radius 3 is 2.83 bits per heavy atom. The van der Waals surface area contributed by atoms with E-state index >= 15 is 0 Å². The van der Waals surface area contributed by atoms with Crippen molar-refractivity contribution in [3.05, 3.63) is 58.7 Å². The van der Waals surface area contributed by atoms with Crippen molar-refractivity contribution >= 4 is 32.6 Å². The SMILES string of the molecule is CCc1cccc2sc(N(CC3CCCO3)C(=O)Cc3ccc(C)c(C)c3)nc12. The van der Waals surface area contributed by atoms with E-state index in [1.807, 2.05) is 4.90 Å². The Bertz CT molecular complexity index is 1020. The zero-order valence-electron chi connectivity index (χ0n) is 17.4. The second-order valence-electron chi connectivity index (χ2n) is 7.85. The van der Waals surface area contributed by atoms with Crippen LogP contribution < -0.4 is 4.90 Å². The molecule has 1 unspecified atom stereocenters. The van der Waals surface area contributed by atoms with Crippen LogP contribution in [-0.4, -0.2) is 30.1 Å². The molecule has 3 aromatic rings. The first-order chi connectivity index (χ1) is 14.0. The topological polar surface area (TPSA) is 42.4 Å². The number of ether oxygens (including phenoxy) is 1. The summed E-state index contributed by atoms with van der Waals surface area (Å²) >= 11 is 1.60. The molecule has 0 bridgehead atoms. The number of anilines is 1. The average molecular weight is 409 g/mol. The molecule has 0 saturated carbocycles. The van der Waals surface area contributed by atoms with Gasteiger partial charge in [0.1, 0.15) is 0 Å². The van der Waals surface area contributed by atoms with Gasteiger partial charge >= 0.3 is 0 Å². The van der Waals surface area contributed by atoms with E-state index in [1.54, 1.807) is 11.3 Å². The predicted molar refractivity (Wildman–Crippen MR) is 120 cm³/mol. The number of hydrogen-bond donors (Lipinski definition) is 0. The first-order valence-electron chi connectivity index (χ1n) is 10.4. The number of carbonyl (C=O) groups is 1. The third kappa shape index (κ3) is 4.36. The maximum atomic E-state index is 13.4. The molecule has 0 radical (unpaired) electrons. The van der Waals surface area contributed by atoms with Gasteiger partial charge in [-0.05, 0) is 61.4 Å². The van der Waals surface area contributed by atoms with E-state index in [4.69, 9.17) is 9.72 Å². The van der Waals surface area contributed by atoms with Gasteiger partial charge in [0.15, 0.2) is 5.13 Å². The monoisotopic (exact) mass is 408 g/mol. The number of thiazole rings is 1. The molecule has 1 amide bonds. The highest BCUT2D eigenvalue weighted by Crippen LogP contribution is 2.32. The summed E-state index contributed by atoms with van der Waals surface area (Å²) in [5, 5.41) is 0.783. The van der Waals surface area contributed by atoms with Gasteiger partial charge in [-0.25, -0.2) is 4.98 Å². The first-order valence-corrected chi connectivity index (χ1v) is 11.2. The van der Waals surface area contributed by atoms with Crippen molar-refractivity contribution in [1.82, 2.24) is 4.98 Å². The minimum Gasteiger partial charge on any atom is -0.376 e. The number of rotatable bonds is 6. The second kappa shape index (κ2) is 8.64. The summed E-state index contributed by atoms with van der Waals surface area (Å²) in [5.41, 5.74) is 5.75. The third-order valence-electron chi connectivity index (χ3n) is 5.74. The molecule has 0 N–H and O–H groups in total. The summed E-state index contributed by atoms with van der Waals surface area (Å²) in [7, 11) is 0. The molecule has 5 heteroatoms. The van der Waals surface area contributed by atoms with Gasteiger partial charge in [-0.2, -0.15) is 0 Å². The molecule has 1 atom stereocenters. The van der Waals surface area contributed by atoms with Crippen molar-refractivity contribution in [3.8, 4) is 0 Å². The minimum atomic E-state index is 0.0841. The van der Waals surface area contributed by atoms with E-state index < -0.39 is 0 Å². The highest BCUT2D eigenvalue weighted by molar-refractivity contribution is 7.22. The number of aryl methyl sites for hydroxylation is 3. The number of benzene rings is 2. The van der Waals surface area contributed by atoms with E-state index in [0.717, 1.165) is 46.8 Å². The van der Waals surface area contributed by atoms with Gasteiger partial charge in [-0.1, -0.05) is 48.6 Å². The Morgan fingerprint density at radius 2 is 2.10 bits per heavy atom. The second-order valence-corrected chi connectivity index (χ2v) is 8.86. The average Bonchev–Trinajstić information content (AvgIpc) is 3.37. The van der Waals surface area contributed by atoms with Crippen molar-refractivity contribution in [2.24, 2.45) is 0 Å². The first kappa shape index (κ1) is 20.0. The van der Waals surface area contributed by atoms with Crippen LogP contribution in [0.25, 0.3) is 10.2 Å². The van der Waals surface area contributed by atoms with E-state index in [9.17, 15) is 4.79 Å². The largest absolute Gasteiger partial charge is 0.376 e. The molecule has 1 aromatic heterocycles. The standard InChI is InChI=1S/C24H28N2O2S/c1-4-19-7-5-9-21-23(19)25-24(29-21)26(15-20-8-6-12-28-20)22(27)14-18-11-10-16(2)17(3)13-18/h5,7,9-11,13,20H,4,6,8,12,14-15H2,1-3H3. The van der Waals surface area contributed by atoms with E-state index in [0.29, 0.717) is 13.0 Å². The maximum Gasteiger partial charge on any atom is 0.233 e.